The Morgan fingerprint density at radius 3 is 2.58 bits per heavy atom. The van der Waals surface area contributed by atoms with E-state index >= 15 is 0 Å². The number of ether oxygens (including phenoxy) is 1. The molecule has 1 aromatic rings. The Bertz CT molecular complexity index is 628. The molecule has 3 heterocycles. The van der Waals surface area contributed by atoms with E-state index < -0.39 is 0 Å². The minimum atomic E-state index is 0.130. The lowest BCUT2D eigenvalue weighted by atomic mass is 10.0. The summed E-state index contributed by atoms with van der Waals surface area (Å²) in [6.07, 6.45) is 6.58. The second kappa shape index (κ2) is 7.88. The van der Waals surface area contributed by atoms with E-state index in [1.165, 1.54) is 12.8 Å². The molecule has 2 aliphatic heterocycles. The second-order valence-corrected chi connectivity index (χ2v) is 7.66. The first kappa shape index (κ1) is 17.7. The van der Waals surface area contributed by atoms with Crippen LogP contribution in [0.15, 0.2) is 12.4 Å². The van der Waals surface area contributed by atoms with E-state index in [4.69, 9.17) is 4.74 Å². The first-order valence-electron chi connectivity index (χ1n) is 9.85. The third-order valence-electron chi connectivity index (χ3n) is 5.71. The van der Waals surface area contributed by atoms with Crippen LogP contribution in [0, 0.1) is 6.92 Å². The van der Waals surface area contributed by atoms with E-state index in [-0.39, 0.29) is 12.5 Å². The third-order valence-corrected chi connectivity index (χ3v) is 5.71. The van der Waals surface area contributed by atoms with Gasteiger partial charge in [-0.1, -0.05) is 0 Å². The summed E-state index contributed by atoms with van der Waals surface area (Å²) >= 11 is 0. The lowest BCUT2D eigenvalue weighted by molar-refractivity contribution is -0.142. The number of piperidine rings is 1. The van der Waals surface area contributed by atoms with Gasteiger partial charge >= 0.3 is 0 Å². The van der Waals surface area contributed by atoms with Crippen LogP contribution in [-0.4, -0.2) is 83.7 Å². The van der Waals surface area contributed by atoms with Crippen LogP contribution in [0.1, 0.15) is 31.4 Å². The van der Waals surface area contributed by atoms with Gasteiger partial charge in [0.15, 0.2) is 0 Å². The monoisotopic (exact) mass is 359 g/mol. The smallest absolute Gasteiger partial charge is 0.248 e. The van der Waals surface area contributed by atoms with Gasteiger partial charge in [0.05, 0.1) is 6.61 Å². The molecule has 0 aromatic carbocycles. The number of hydrogen-bond donors (Lipinski definition) is 0. The zero-order valence-corrected chi connectivity index (χ0v) is 15.6. The molecule has 3 fully saturated rings. The van der Waals surface area contributed by atoms with Crippen molar-refractivity contribution in [2.75, 3.05) is 50.8 Å². The van der Waals surface area contributed by atoms with Crippen LogP contribution in [0.3, 0.4) is 0 Å². The Morgan fingerprint density at radius 1 is 1.12 bits per heavy atom. The molecule has 0 spiro atoms. The maximum absolute atomic E-state index is 11.8. The van der Waals surface area contributed by atoms with Crippen molar-refractivity contribution in [3.63, 3.8) is 0 Å². The van der Waals surface area contributed by atoms with Crippen LogP contribution in [0.2, 0.25) is 0 Å². The standard InChI is InChI=1S/C19H29N5O2/c1-15-12-18(21-14-20-15)24(16-2-3-16)17-4-6-22(7-5-17)8-9-23-10-11-26-13-19(23)25/h12,14,16-17H,2-11,13H2,1H3. The SMILES string of the molecule is Cc1cc(N(C2CC2)C2CCN(CCN3CCOCC3=O)CC2)ncn1. The second-order valence-electron chi connectivity index (χ2n) is 7.66. The van der Waals surface area contributed by atoms with Crippen LogP contribution in [0.4, 0.5) is 5.82 Å². The zero-order chi connectivity index (χ0) is 17.9. The molecule has 4 rings (SSSR count). The Balaban J connectivity index is 1.30. The molecule has 0 N–H and O–H groups in total. The lowest BCUT2D eigenvalue weighted by Crippen LogP contribution is -2.49. The number of aromatic nitrogens is 2. The van der Waals surface area contributed by atoms with Crippen LogP contribution in [0.5, 0.6) is 0 Å². The highest BCUT2D eigenvalue weighted by atomic mass is 16.5. The van der Waals surface area contributed by atoms with Crippen molar-refractivity contribution in [3.8, 4) is 0 Å². The topological polar surface area (TPSA) is 61.8 Å². The number of hydrogen-bond acceptors (Lipinski definition) is 6. The Kier molecular flexibility index (Phi) is 5.36. The number of morpholine rings is 1. The van der Waals surface area contributed by atoms with E-state index in [0.717, 1.165) is 57.1 Å². The van der Waals surface area contributed by atoms with Gasteiger partial charge in [0.25, 0.3) is 0 Å². The molecule has 2 saturated heterocycles. The van der Waals surface area contributed by atoms with Crippen LogP contribution in [-0.2, 0) is 9.53 Å². The normalized spacial score (nSPS) is 22.7. The summed E-state index contributed by atoms with van der Waals surface area (Å²) in [5, 5.41) is 0. The molecule has 0 bridgehead atoms. The molecule has 0 radical (unpaired) electrons. The Morgan fingerprint density at radius 2 is 1.88 bits per heavy atom. The Hall–Kier alpha value is -1.73. The quantitative estimate of drug-likeness (QED) is 0.757. The number of carbonyl (C=O) groups is 1. The van der Waals surface area contributed by atoms with Gasteiger partial charge in [-0.25, -0.2) is 9.97 Å². The minimum absolute atomic E-state index is 0.130. The van der Waals surface area contributed by atoms with Gasteiger partial charge in [-0.05, 0) is 32.6 Å². The van der Waals surface area contributed by atoms with Crippen molar-refractivity contribution in [1.82, 2.24) is 19.8 Å². The fourth-order valence-corrected chi connectivity index (χ4v) is 4.08. The van der Waals surface area contributed by atoms with Gasteiger partial charge in [-0.15, -0.1) is 0 Å². The van der Waals surface area contributed by atoms with Crippen molar-refractivity contribution in [3.05, 3.63) is 18.1 Å². The average Bonchev–Trinajstić information content (AvgIpc) is 3.47. The van der Waals surface area contributed by atoms with Crippen molar-refractivity contribution in [2.45, 2.75) is 44.7 Å². The summed E-state index contributed by atoms with van der Waals surface area (Å²) in [5.41, 5.74) is 1.04. The third kappa shape index (κ3) is 4.15. The molecule has 1 amide bonds. The highest BCUT2D eigenvalue weighted by Crippen LogP contribution is 2.35. The fraction of sp³-hybridized carbons (Fsp3) is 0.737. The van der Waals surface area contributed by atoms with Crippen LogP contribution >= 0.6 is 0 Å². The molecule has 7 nitrogen and oxygen atoms in total. The van der Waals surface area contributed by atoms with Gasteiger partial charge in [0, 0.05) is 56.6 Å². The van der Waals surface area contributed by atoms with Gasteiger partial charge in [-0.2, -0.15) is 0 Å². The number of aryl methyl sites for hydroxylation is 1. The molecule has 142 valence electrons. The largest absolute Gasteiger partial charge is 0.370 e. The number of nitrogens with zero attached hydrogens (tertiary/aromatic N) is 5. The first-order chi connectivity index (χ1) is 12.7. The first-order valence-corrected chi connectivity index (χ1v) is 9.85. The molecule has 0 atom stereocenters. The van der Waals surface area contributed by atoms with Crippen LogP contribution in [0.25, 0.3) is 0 Å². The summed E-state index contributed by atoms with van der Waals surface area (Å²) < 4.78 is 5.20. The molecule has 1 saturated carbocycles. The highest BCUT2D eigenvalue weighted by Gasteiger charge is 2.36. The molecule has 1 aliphatic carbocycles. The number of carbonyl (C=O) groups excluding carboxylic acids is 1. The number of amides is 1. The van der Waals surface area contributed by atoms with Crippen molar-refractivity contribution >= 4 is 11.7 Å². The molecule has 26 heavy (non-hydrogen) atoms. The molecular formula is C19H29N5O2. The van der Waals surface area contributed by atoms with Crippen molar-refractivity contribution in [2.24, 2.45) is 0 Å². The summed E-state index contributed by atoms with van der Waals surface area (Å²) in [5.74, 6) is 1.22. The van der Waals surface area contributed by atoms with E-state index in [1.54, 1.807) is 6.33 Å². The highest BCUT2D eigenvalue weighted by molar-refractivity contribution is 5.77. The van der Waals surface area contributed by atoms with Gasteiger partial charge < -0.3 is 19.4 Å². The van der Waals surface area contributed by atoms with Crippen molar-refractivity contribution in [1.29, 1.82) is 0 Å². The zero-order valence-electron chi connectivity index (χ0n) is 15.6. The molecule has 7 heteroatoms. The fourth-order valence-electron chi connectivity index (χ4n) is 4.08. The average molecular weight is 359 g/mol. The molecule has 1 aromatic heterocycles. The predicted molar refractivity (Wildman–Crippen MR) is 99.1 cm³/mol. The maximum atomic E-state index is 11.8. The summed E-state index contributed by atoms with van der Waals surface area (Å²) in [4.78, 5) is 27.6. The van der Waals surface area contributed by atoms with Crippen molar-refractivity contribution < 1.29 is 9.53 Å². The maximum Gasteiger partial charge on any atom is 0.248 e. The molecular weight excluding hydrogens is 330 g/mol. The number of likely N-dealkylation sites (tertiary alicyclic amines) is 1. The molecule has 0 unspecified atom stereocenters. The van der Waals surface area contributed by atoms with Gasteiger partial charge in [0.1, 0.15) is 18.8 Å². The minimum Gasteiger partial charge on any atom is -0.370 e. The number of rotatable bonds is 6. The number of anilines is 1. The van der Waals surface area contributed by atoms with E-state index in [1.807, 2.05) is 11.8 Å². The summed E-state index contributed by atoms with van der Waals surface area (Å²) in [7, 11) is 0. The lowest BCUT2D eigenvalue weighted by Gasteiger charge is -2.40. The van der Waals surface area contributed by atoms with E-state index in [2.05, 4.69) is 25.8 Å². The van der Waals surface area contributed by atoms with Gasteiger partial charge in [-0.3, -0.25) is 4.79 Å². The summed E-state index contributed by atoms with van der Waals surface area (Å²) in [6, 6.07) is 3.35. The van der Waals surface area contributed by atoms with Gasteiger partial charge in [0.2, 0.25) is 5.91 Å². The van der Waals surface area contributed by atoms with Crippen LogP contribution < -0.4 is 4.90 Å². The summed E-state index contributed by atoms with van der Waals surface area (Å²) in [6.45, 7) is 7.66. The van der Waals surface area contributed by atoms with E-state index in [0.29, 0.717) is 18.7 Å². The Labute approximate surface area is 155 Å². The molecule has 3 aliphatic rings. The van der Waals surface area contributed by atoms with E-state index in [9.17, 15) is 4.79 Å². The predicted octanol–water partition coefficient (Wildman–Crippen LogP) is 1.08.